The molecule has 2 amide bonds. The number of carbonyl (C=O) groups excluding carboxylic acids is 2. The highest BCUT2D eigenvalue weighted by Gasteiger charge is 2.36. The molecular weight excluding hydrogens is 332 g/mol. The number of hydrogen-bond donors (Lipinski definition) is 2. The van der Waals surface area contributed by atoms with E-state index in [-0.39, 0.29) is 24.2 Å². The topological polar surface area (TPSA) is 114 Å². The summed E-state index contributed by atoms with van der Waals surface area (Å²) >= 11 is 0. The molecule has 8 nitrogen and oxygen atoms in total. The van der Waals surface area contributed by atoms with E-state index < -0.39 is 5.54 Å². The van der Waals surface area contributed by atoms with Gasteiger partial charge in [0.15, 0.2) is 5.96 Å². The Balaban J connectivity index is 1.85. The highest BCUT2D eigenvalue weighted by molar-refractivity contribution is 6.04. The fourth-order valence-corrected chi connectivity index (χ4v) is 2.72. The van der Waals surface area contributed by atoms with Crippen molar-refractivity contribution in [3.63, 3.8) is 0 Å². The minimum absolute atomic E-state index is 0.105. The number of anilines is 1. The third kappa shape index (κ3) is 3.39. The fraction of sp³-hybridized carbons (Fsp3) is 0.278. The summed E-state index contributed by atoms with van der Waals surface area (Å²) < 4.78 is 0. The van der Waals surface area contributed by atoms with E-state index >= 15 is 0 Å². The van der Waals surface area contributed by atoms with Gasteiger partial charge in [0.05, 0.1) is 17.5 Å². The minimum Gasteiger partial charge on any atom is -0.369 e. The summed E-state index contributed by atoms with van der Waals surface area (Å²) in [6.45, 7) is 3.60. The number of aliphatic imine (C=N–C) groups is 1. The van der Waals surface area contributed by atoms with Gasteiger partial charge >= 0.3 is 0 Å². The van der Waals surface area contributed by atoms with Crippen LogP contribution in [0.25, 0.3) is 0 Å². The van der Waals surface area contributed by atoms with E-state index in [0.29, 0.717) is 17.1 Å². The number of amides is 2. The van der Waals surface area contributed by atoms with E-state index in [9.17, 15) is 9.59 Å². The quantitative estimate of drug-likeness (QED) is 0.867. The molecule has 0 fully saturated rings. The van der Waals surface area contributed by atoms with Crippen molar-refractivity contribution >= 4 is 23.5 Å². The molecule has 3 rings (SSSR count). The Morgan fingerprint density at radius 2 is 2.00 bits per heavy atom. The lowest BCUT2D eigenvalue weighted by Crippen LogP contribution is -2.47. The lowest BCUT2D eigenvalue weighted by molar-refractivity contribution is -0.128. The number of nitrogens with zero attached hydrogens (tertiary/aromatic N) is 4. The van der Waals surface area contributed by atoms with Gasteiger partial charge in [-0.05, 0) is 31.5 Å². The van der Waals surface area contributed by atoms with Crippen molar-refractivity contribution < 1.29 is 9.59 Å². The van der Waals surface area contributed by atoms with Crippen LogP contribution in [0.1, 0.15) is 35.1 Å². The largest absolute Gasteiger partial charge is 0.369 e. The zero-order chi connectivity index (χ0) is 18.9. The first-order valence-corrected chi connectivity index (χ1v) is 8.11. The van der Waals surface area contributed by atoms with Crippen LogP contribution in [0.2, 0.25) is 0 Å². The van der Waals surface area contributed by atoms with E-state index in [1.165, 1.54) is 17.3 Å². The Labute approximate surface area is 151 Å². The Morgan fingerprint density at radius 3 is 2.65 bits per heavy atom. The Bertz CT molecular complexity index is 893. The number of guanidine groups is 1. The summed E-state index contributed by atoms with van der Waals surface area (Å²) in [7, 11) is 1.60. The van der Waals surface area contributed by atoms with Crippen LogP contribution in [0.3, 0.4) is 0 Å². The van der Waals surface area contributed by atoms with E-state index in [4.69, 9.17) is 5.73 Å². The molecule has 2 heterocycles. The molecule has 134 valence electrons. The second-order valence-electron chi connectivity index (χ2n) is 6.43. The van der Waals surface area contributed by atoms with Crippen molar-refractivity contribution in [2.45, 2.75) is 25.8 Å². The van der Waals surface area contributed by atoms with Crippen LogP contribution in [-0.4, -0.2) is 39.7 Å². The molecule has 0 spiro atoms. The summed E-state index contributed by atoms with van der Waals surface area (Å²) in [4.78, 5) is 38.3. The second kappa shape index (κ2) is 6.55. The Morgan fingerprint density at radius 1 is 1.31 bits per heavy atom. The predicted octanol–water partition coefficient (Wildman–Crippen LogP) is 1.43. The lowest BCUT2D eigenvalue weighted by atomic mass is 9.87. The summed E-state index contributed by atoms with van der Waals surface area (Å²) in [5.74, 6) is 0.356. The van der Waals surface area contributed by atoms with E-state index in [1.54, 1.807) is 32.2 Å². The molecule has 1 aromatic carbocycles. The van der Waals surface area contributed by atoms with Crippen molar-refractivity contribution in [3.8, 4) is 0 Å². The molecule has 2 aromatic rings. The molecule has 1 aliphatic heterocycles. The first kappa shape index (κ1) is 17.5. The molecule has 3 N–H and O–H groups in total. The zero-order valence-electron chi connectivity index (χ0n) is 14.9. The standard InChI is InChI=1S/C18H20N6O2/c1-11-20-9-12(10-21-11)16(26)22-14-6-4-5-13(7-14)18(2)8-15(25)24(3)17(19)23-18/h4-7,9-10H,8H2,1-3H3,(H2,19,23)(H,22,26)/t18-/m0/s1. The average Bonchev–Trinajstić information content (AvgIpc) is 2.60. The molecule has 0 unspecified atom stereocenters. The summed E-state index contributed by atoms with van der Waals surface area (Å²) in [6.07, 6.45) is 3.15. The van der Waals surface area contributed by atoms with Crippen molar-refractivity contribution in [3.05, 3.63) is 53.6 Å². The predicted molar refractivity (Wildman–Crippen MR) is 97.5 cm³/mol. The van der Waals surface area contributed by atoms with E-state index in [0.717, 1.165) is 5.56 Å². The van der Waals surface area contributed by atoms with Crippen LogP contribution in [0.5, 0.6) is 0 Å². The molecule has 0 radical (unpaired) electrons. The van der Waals surface area contributed by atoms with E-state index in [2.05, 4.69) is 20.3 Å². The van der Waals surface area contributed by atoms with Crippen molar-refractivity contribution in [2.75, 3.05) is 12.4 Å². The maximum absolute atomic E-state index is 12.3. The molecule has 0 saturated heterocycles. The lowest BCUT2D eigenvalue weighted by Gasteiger charge is -2.33. The maximum Gasteiger partial charge on any atom is 0.258 e. The molecule has 1 atom stereocenters. The smallest absolute Gasteiger partial charge is 0.258 e. The molecule has 1 aromatic heterocycles. The minimum atomic E-state index is -0.776. The van der Waals surface area contributed by atoms with Crippen LogP contribution in [-0.2, 0) is 10.3 Å². The van der Waals surface area contributed by atoms with Gasteiger partial charge < -0.3 is 11.1 Å². The third-order valence-electron chi connectivity index (χ3n) is 4.36. The van der Waals surface area contributed by atoms with Gasteiger partial charge in [0.1, 0.15) is 5.82 Å². The Hall–Kier alpha value is -3.29. The summed E-state index contributed by atoms with van der Waals surface area (Å²) in [5.41, 5.74) is 6.83. The van der Waals surface area contributed by atoms with Gasteiger partial charge in [0.2, 0.25) is 5.91 Å². The van der Waals surface area contributed by atoms with Gasteiger partial charge in [0.25, 0.3) is 5.91 Å². The van der Waals surface area contributed by atoms with Gasteiger partial charge in [-0.1, -0.05) is 12.1 Å². The first-order valence-electron chi connectivity index (χ1n) is 8.11. The molecular formula is C18H20N6O2. The van der Waals surface area contributed by atoms with Crippen molar-refractivity contribution in [1.82, 2.24) is 14.9 Å². The van der Waals surface area contributed by atoms with Crippen LogP contribution < -0.4 is 11.1 Å². The molecule has 8 heteroatoms. The third-order valence-corrected chi connectivity index (χ3v) is 4.36. The van der Waals surface area contributed by atoms with Crippen LogP contribution in [0.4, 0.5) is 5.69 Å². The molecule has 0 bridgehead atoms. The number of hydrogen-bond acceptors (Lipinski definition) is 6. The van der Waals surface area contributed by atoms with Gasteiger partial charge in [-0.2, -0.15) is 0 Å². The SMILES string of the molecule is Cc1ncc(C(=O)Nc2cccc([C@]3(C)CC(=O)N(C)C(N)=N3)c2)cn1. The number of aryl methyl sites for hydroxylation is 1. The van der Waals surface area contributed by atoms with Crippen molar-refractivity contribution in [2.24, 2.45) is 10.7 Å². The van der Waals surface area contributed by atoms with Crippen molar-refractivity contribution in [1.29, 1.82) is 0 Å². The van der Waals surface area contributed by atoms with Gasteiger partial charge in [0, 0.05) is 25.1 Å². The van der Waals surface area contributed by atoms with Crippen LogP contribution in [0.15, 0.2) is 41.7 Å². The molecule has 0 aliphatic carbocycles. The molecule has 0 saturated carbocycles. The van der Waals surface area contributed by atoms with Gasteiger partial charge in [-0.3, -0.25) is 14.5 Å². The number of rotatable bonds is 3. The average molecular weight is 352 g/mol. The number of nitrogens with one attached hydrogen (secondary N) is 1. The molecule has 1 aliphatic rings. The summed E-state index contributed by atoms with van der Waals surface area (Å²) in [6, 6.07) is 7.22. The number of carbonyl (C=O) groups is 2. The summed E-state index contributed by atoms with van der Waals surface area (Å²) in [5, 5.41) is 2.81. The van der Waals surface area contributed by atoms with Gasteiger partial charge in [-0.25, -0.2) is 15.0 Å². The van der Waals surface area contributed by atoms with Crippen LogP contribution in [0, 0.1) is 6.92 Å². The number of benzene rings is 1. The number of nitrogens with two attached hydrogens (primary N) is 1. The molecule has 26 heavy (non-hydrogen) atoms. The van der Waals surface area contributed by atoms with E-state index in [1.807, 2.05) is 13.0 Å². The normalized spacial score (nSPS) is 19.9. The highest BCUT2D eigenvalue weighted by Crippen LogP contribution is 2.34. The highest BCUT2D eigenvalue weighted by atomic mass is 16.2. The monoisotopic (exact) mass is 352 g/mol. The van der Waals surface area contributed by atoms with Gasteiger partial charge in [-0.15, -0.1) is 0 Å². The Kier molecular flexibility index (Phi) is 4.41. The maximum atomic E-state index is 12.3. The zero-order valence-corrected chi connectivity index (χ0v) is 14.9. The second-order valence-corrected chi connectivity index (χ2v) is 6.43. The fourth-order valence-electron chi connectivity index (χ4n) is 2.72. The first-order chi connectivity index (χ1) is 12.3. The van der Waals surface area contributed by atoms with Crippen LogP contribution >= 0.6 is 0 Å². The number of aromatic nitrogens is 2.